The van der Waals surface area contributed by atoms with Crippen LogP contribution in [0.5, 0.6) is 0 Å². The molecule has 1 aromatic carbocycles. The third kappa shape index (κ3) is 2.39. The molecule has 0 saturated heterocycles. The van der Waals surface area contributed by atoms with Crippen LogP contribution in [-0.2, 0) is 4.79 Å². The zero-order chi connectivity index (χ0) is 13.2. The average molecular weight is 311 g/mol. The normalized spacial score (nSPS) is 17.2. The second kappa shape index (κ2) is 5.07. The van der Waals surface area contributed by atoms with Gasteiger partial charge in [0.05, 0.1) is 11.8 Å². The molecule has 1 aliphatic rings. The van der Waals surface area contributed by atoms with E-state index in [1.165, 1.54) is 12.1 Å². The molecular weight excluding hydrogens is 299 g/mol. The highest BCUT2D eigenvalue weighted by atomic mass is 79.9. The summed E-state index contributed by atoms with van der Waals surface area (Å²) in [5, 5.41) is 11.7. The van der Waals surface area contributed by atoms with E-state index in [0.717, 1.165) is 12.8 Å². The molecule has 1 fully saturated rings. The topological polar surface area (TPSA) is 52.9 Å². The Morgan fingerprint density at radius 1 is 1.44 bits per heavy atom. The van der Waals surface area contributed by atoms with E-state index in [4.69, 9.17) is 5.26 Å². The maximum absolute atomic E-state index is 13.6. The maximum Gasteiger partial charge on any atom is 0.244 e. The van der Waals surface area contributed by atoms with E-state index in [1.54, 1.807) is 6.07 Å². The Hall–Kier alpha value is -1.41. The summed E-state index contributed by atoms with van der Waals surface area (Å²) < 4.78 is 14.2. The summed E-state index contributed by atoms with van der Waals surface area (Å²) in [5.74, 6) is -0.910. The van der Waals surface area contributed by atoms with E-state index in [-0.39, 0.29) is 5.69 Å². The number of hydrogen-bond donors (Lipinski definition) is 1. The molecule has 0 bridgehead atoms. The van der Waals surface area contributed by atoms with Gasteiger partial charge in [0.25, 0.3) is 0 Å². The fraction of sp³-hybridized carbons (Fsp3) is 0.385. The van der Waals surface area contributed by atoms with Gasteiger partial charge >= 0.3 is 0 Å². The van der Waals surface area contributed by atoms with Gasteiger partial charge in [0.15, 0.2) is 0 Å². The van der Waals surface area contributed by atoms with Crippen molar-refractivity contribution in [1.29, 1.82) is 5.26 Å². The van der Waals surface area contributed by atoms with Gasteiger partial charge in [-0.1, -0.05) is 28.8 Å². The summed E-state index contributed by atoms with van der Waals surface area (Å²) in [6.45, 7) is 0. The van der Waals surface area contributed by atoms with Crippen LogP contribution in [0.3, 0.4) is 0 Å². The molecule has 0 atom stereocenters. The number of anilines is 1. The van der Waals surface area contributed by atoms with Gasteiger partial charge in [-0.15, -0.1) is 0 Å². The monoisotopic (exact) mass is 310 g/mol. The number of benzene rings is 1. The Bertz CT molecular complexity index is 518. The first-order chi connectivity index (χ1) is 8.57. The molecule has 1 amide bonds. The number of rotatable bonds is 2. The Labute approximate surface area is 113 Å². The van der Waals surface area contributed by atoms with Crippen molar-refractivity contribution in [2.75, 3.05) is 5.32 Å². The van der Waals surface area contributed by atoms with Crippen LogP contribution < -0.4 is 5.32 Å². The van der Waals surface area contributed by atoms with Gasteiger partial charge in [0.1, 0.15) is 11.2 Å². The number of amides is 1. The van der Waals surface area contributed by atoms with Crippen LogP contribution in [0.25, 0.3) is 0 Å². The SMILES string of the molecule is N#CC1(C(=O)Nc2ccc(Br)cc2F)CCCC1. The van der Waals surface area contributed by atoms with Crippen molar-refractivity contribution in [3.8, 4) is 6.07 Å². The highest BCUT2D eigenvalue weighted by Gasteiger charge is 2.41. The largest absolute Gasteiger partial charge is 0.322 e. The van der Waals surface area contributed by atoms with Crippen LogP contribution in [0, 0.1) is 22.6 Å². The van der Waals surface area contributed by atoms with Crippen molar-refractivity contribution >= 4 is 27.5 Å². The quantitative estimate of drug-likeness (QED) is 0.907. The maximum atomic E-state index is 13.6. The molecule has 2 rings (SSSR count). The first-order valence-electron chi connectivity index (χ1n) is 5.75. The summed E-state index contributed by atoms with van der Waals surface area (Å²) in [5.41, 5.74) is -0.871. The molecule has 18 heavy (non-hydrogen) atoms. The molecule has 0 spiro atoms. The van der Waals surface area contributed by atoms with Crippen molar-refractivity contribution in [2.24, 2.45) is 5.41 Å². The van der Waals surface area contributed by atoms with E-state index in [1.807, 2.05) is 0 Å². The Balaban J connectivity index is 2.19. The van der Waals surface area contributed by atoms with Gasteiger partial charge in [-0.25, -0.2) is 4.39 Å². The number of nitriles is 1. The smallest absolute Gasteiger partial charge is 0.244 e. The minimum atomic E-state index is -0.987. The Kier molecular flexibility index (Phi) is 3.67. The third-order valence-electron chi connectivity index (χ3n) is 3.29. The zero-order valence-corrected chi connectivity index (χ0v) is 11.3. The summed E-state index contributed by atoms with van der Waals surface area (Å²) in [7, 11) is 0. The van der Waals surface area contributed by atoms with Crippen LogP contribution in [0.1, 0.15) is 25.7 Å². The van der Waals surface area contributed by atoms with Crippen molar-refractivity contribution in [3.63, 3.8) is 0 Å². The molecule has 0 aliphatic heterocycles. The van der Waals surface area contributed by atoms with Gasteiger partial charge in [-0.05, 0) is 31.0 Å². The average Bonchev–Trinajstić information content (AvgIpc) is 2.82. The molecule has 1 N–H and O–H groups in total. The first-order valence-corrected chi connectivity index (χ1v) is 6.54. The van der Waals surface area contributed by atoms with Crippen LogP contribution in [0.2, 0.25) is 0 Å². The molecule has 94 valence electrons. The molecule has 0 unspecified atom stereocenters. The lowest BCUT2D eigenvalue weighted by Gasteiger charge is -2.19. The lowest BCUT2D eigenvalue weighted by molar-refractivity contribution is -0.122. The highest BCUT2D eigenvalue weighted by Crippen LogP contribution is 2.38. The molecule has 0 radical (unpaired) electrons. The van der Waals surface area contributed by atoms with Crippen molar-refractivity contribution in [2.45, 2.75) is 25.7 Å². The van der Waals surface area contributed by atoms with Gasteiger partial charge in [-0.2, -0.15) is 5.26 Å². The van der Waals surface area contributed by atoms with E-state index in [0.29, 0.717) is 17.3 Å². The number of halogens is 2. The van der Waals surface area contributed by atoms with Gasteiger partial charge in [0.2, 0.25) is 5.91 Å². The summed E-state index contributed by atoms with van der Waals surface area (Å²) in [6.07, 6.45) is 2.83. The number of nitrogens with zero attached hydrogens (tertiary/aromatic N) is 1. The zero-order valence-electron chi connectivity index (χ0n) is 9.67. The standard InChI is InChI=1S/C13H12BrFN2O/c14-9-3-4-11(10(15)7-9)17-12(18)13(8-16)5-1-2-6-13/h3-4,7H,1-2,5-6H2,(H,17,18). The summed E-state index contributed by atoms with van der Waals surface area (Å²) >= 11 is 3.15. The fourth-order valence-electron chi connectivity index (χ4n) is 2.20. The van der Waals surface area contributed by atoms with Crippen LogP contribution in [-0.4, -0.2) is 5.91 Å². The van der Waals surface area contributed by atoms with E-state index < -0.39 is 17.1 Å². The van der Waals surface area contributed by atoms with E-state index >= 15 is 0 Å². The molecule has 1 aromatic rings. The highest BCUT2D eigenvalue weighted by molar-refractivity contribution is 9.10. The number of carbonyl (C=O) groups excluding carboxylic acids is 1. The first kappa shape index (κ1) is 13.0. The van der Waals surface area contributed by atoms with Gasteiger partial charge < -0.3 is 5.32 Å². The fourth-order valence-corrected chi connectivity index (χ4v) is 2.53. The molecule has 5 heteroatoms. The minimum absolute atomic E-state index is 0.115. The predicted octanol–water partition coefficient (Wildman–Crippen LogP) is 3.61. The predicted molar refractivity (Wildman–Crippen MR) is 69.2 cm³/mol. The van der Waals surface area contributed by atoms with Crippen molar-refractivity contribution in [1.82, 2.24) is 0 Å². The van der Waals surface area contributed by atoms with Crippen LogP contribution >= 0.6 is 15.9 Å². The molecule has 1 aliphatic carbocycles. The summed E-state index contributed by atoms with van der Waals surface area (Å²) in [4.78, 5) is 12.1. The number of hydrogen-bond acceptors (Lipinski definition) is 2. The second-order valence-corrected chi connectivity index (χ2v) is 5.39. The molecule has 1 saturated carbocycles. The van der Waals surface area contributed by atoms with E-state index in [9.17, 15) is 9.18 Å². The summed E-state index contributed by atoms with van der Waals surface area (Å²) in [6, 6.07) is 6.49. The number of nitrogens with one attached hydrogen (secondary N) is 1. The van der Waals surface area contributed by atoms with Gasteiger partial charge in [-0.3, -0.25) is 4.79 Å². The van der Waals surface area contributed by atoms with Crippen molar-refractivity contribution in [3.05, 3.63) is 28.5 Å². The van der Waals surface area contributed by atoms with Gasteiger partial charge in [0, 0.05) is 4.47 Å². The van der Waals surface area contributed by atoms with Crippen LogP contribution in [0.4, 0.5) is 10.1 Å². The third-order valence-corrected chi connectivity index (χ3v) is 3.78. The molecule has 3 nitrogen and oxygen atoms in total. The Morgan fingerprint density at radius 2 is 2.11 bits per heavy atom. The number of carbonyl (C=O) groups is 1. The molecule has 0 heterocycles. The lowest BCUT2D eigenvalue weighted by Crippen LogP contribution is -2.32. The molecule has 0 aromatic heterocycles. The van der Waals surface area contributed by atoms with Crippen molar-refractivity contribution < 1.29 is 9.18 Å². The second-order valence-electron chi connectivity index (χ2n) is 4.48. The van der Waals surface area contributed by atoms with Crippen LogP contribution in [0.15, 0.2) is 22.7 Å². The van der Waals surface area contributed by atoms with E-state index in [2.05, 4.69) is 27.3 Å². The Morgan fingerprint density at radius 3 is 2.67 bits per heavy atom. The molecular formula is C13H12BrFN2O. The lowest BCUT2D eigenvalue weighted by atomic mass is 9.87. The minimum Gasteiger partial charge on any atom is -0.322 e.